The molecule has 1 saturated carbocycles. The smallest absolute Gasteiger partial charge is 0.0943 e. The van der Waals surface area contributed by atoms with E-state index in [1.807, 2.05) is 11.6 Å². The zero-order chi connectivity index (χ0) is 11.4. The van der Waals surface area contributed by atoms with Crippen LogP contribution >= 0.6 is 11.3 Å². The second-order valence-electron chi connectivity index (χ2n) is 5.17. The van der Waals surface area contributed by atoms with Crippen LogP contribution in [0.15, 0.2) is 11.6 Å². The lowest BCUT2D eigenvalue weighted by molar-refractivity contribution is 0.358. The Hall–Kier alpha value is -0.410. The third-order valence-corrected chi connectivity index (χ3v) is 4.68. The largest absolute Gasteiger partial charge is 0.325 e. The molecule has 0 saturated heterocycles. The van der Waals surface area contributed by atoms with Gasteiger partial charge in [0.15, 0.2) is 0 Å². The molecule has 0 bridgehead atoms. The van der Waals surface area contributed by atoms with Crippen LogP contribution in [0.2, 0.25) is 0 Å². The normalized spacial score (nSPS) is 31.2. The van der Waals surface area contributed by atoms with Gasteiger partial charge in [0, 0.05) is 23.5 Å². The molecule has 2 atom stereocenters. The van der Waals surface area contributed by atoms with Crippen molar-refractivity contribution in [3.8, 4) is 0 Å². The molecular weight excluding hydrogens is 216 g/mol. The van der Waals surface area contributed by atoms with Gasteiger partial charge in [-0.3, -0.25) is 0 Å². The molecule has 1 heterocycles. The summed E-state index contributed by atoms with van der Waals surface area (Å²) in [5.74, 6) is 0.904. The quantitative estimate of drug-likeness (QED) is 0.820. The van der Waals surface area contributed by atoms with Crippen molar-refractivity contribution >= 4 is 11.3 Å². The Morgan fingerprint density at radius 3 is 3.06 bits per heavy atom. The average molecular weight is 238 g/mol. The molecule has 90 valence electrons. The predicted octanol–water partition coefficient (Wildman–Crippen LogP) is 3.37. The molecule has 1 aliphatic rings. The van der Waals surface area contributed by atoms with Crippen LogP contribution < -0.4 is 5.73 Å². The van der Waals surface area contributed by atoms with E-state index in [-0.39, 0.29) is 5.54 Å². The number of nitrogens with zero attached hydrogens (tertiary/aromatic N) is 1. The molecule has 0 amide bonds. The highest BCUT2D eigenvalue weighted by Gasteiger charge is 2.29. The summed E-state index contributed by atoms with van der Waals surface area (Å²) in [5.41, 5.74) is 6.55. The zero-order valence-electron chi connectivity index (χ0n) is 10.1. The number of hydrogen-bond donors (Lipinski definition) is 1. The van der Waals surface area contributed by atoms with Gasteiger partial charge in [0.2, 0.25) is 0 Å². The van der Waals surface area contributed by atoms with E-state index in [2.05, 4.69) is 11.9 Å². The van der Waals surface area contributed by atoms with Crippen molar-refractivity contribution in [2.24, 2.45) is 11.7 Å². The van der Waals surface area contributed by atoms with Crippen molar-refractivity contribution in [3.63, 3.8) is 0 Å². The highest BCUT2D eigenvalue weighted by atomic mass is 32.1. The highest BCUT2D eigenvalue weighted by Crippen LogP contribution is 2.32. The fourth-order valence-corrected chi connectivity index (χ4v) is 3.50. The Morgan fingerprint density at radius 2 is 2.38 bits per heavy atom. The molecule has 1 aliphatic carbocycles. The highest BCUT2D eigenvalue weighted by molar-refractivity contribution is 7.09. The lowest BCUT2D eigenvalue weighted by atomic mass is 9.87. The van der Waals surface area contributed by atoms with Gasteiger partial charge in [-0.1, -0.05) is 26.2 Å². The van der Waals surface area contributed by atoms with E-state index in [9.17, 15) is 0 Å². The summed E-state index contributed by atoms with van der Waals surface area (Å²) in [4.78, 5) is 4.36. The van der Waals surface area contributed by atoms with E-state index in [4.69, 9.17) is 5.73 Å². The second kappa shape index (κ2) is 5.28. The Balaban J connectivity index is 1.96. The van der Waals surface area contributed by atoms with Crippen LogP contribution in [-0.2, 0) is 6.42 Å². The van der Waals surface area contributed by atoms with Gasteiger partial charge in [0.25, 0.3) is 0 Å². The SMILES string of the molecule is CCC1CCCC(N)(Cc2nccs2)CC1. The van der Waals surface area contributed by atoms with E-state index in [0.717, 1.165) is 12.3 Å². The topological polar surface area (TPSA) is 38.9 Å². The van der Waals surface area contributed by atoms with Gasteiger partial charge in [-0.15, -0.1) is 11.3 Å². The standard InChI is InChI=1S/C13H22N2S/c1-2-11-4-3-6-13(14,7-5-11)10-12-15-8-9-16-12/h8-9,11H,2-7,10,14H2,1H3. The van der Waals surface area contributed by atoms with Gasteiger partial charge in [-0.25, -0.2) is 4.98 Å². The lowest BCUT2D eigenvalue weighted by Crippen LogP contribution is -2.41. The van der Waals surface area contributed by atoms with Gasteiger partial charge >= 0.3 is 0 Å². The zero-order valence-corrected chi connectivity index (χ0v) is 10.9. The van der Waals surface area contributed by atoms with Crippen molar-refractivity contribution in [1.29, 1.82) is 0 Å². The summed E-state index contributed by atoms with van der Waals surface area (Å²) in [5, 5.41) is 3.25. The monoisotopic (exact) mass is 238 g/mol. The Kier molecular flexibility index (Phi) is 3.98. The molecule has 2 rings (SSSR count). The maximum absolute atomic E-state index is 6.53. The number of nitrogens with two attached hydrogens (primary N) is 1. The van der Waals surface area contributed by atoms with E-state index in [1.165, 1.54) is 43.5 Å². The third-order valence-electron chi connectivity index (χ3n) is 3.90. The van der Waals surface area contributed by atoms with Crippen LogP contribution in [0.25, 0.3) is 0 Å². The minimum absolute atomic E-state index is 0.0156. The Labute approximate surface area is 102 Å². The average Bonchev–Trinajstić information content (AvgIpc) is 2.68. The summed E-state index contributed by atoms with van der Waals surface area (Å²) in [6.07, 6.45) is 10.5. The maximum atomic E-state index is 6.53. The summed E-state index contributed by atoms with van der Waals surface area (Å²) < 4.78 is 0. The maximum Gasteiger partial charge on any atom is 0.0943 e. The van der Waals surface area contributed by atoms with Crippen LogP contribution in [0.5, 0.6) is 0 Å². The van der Waals surface area contributed by atoms with Crippen molar-refractivity contribution in [3.05, 3.63) is 16.6 Å². The Bertz CT molecular complexity index is 310. The molecule has 0 spiro atoms. The van der Waals surface area contributed by atoms with Crippen molar-refractivity contribution in [2.75, 3.05) is 0 Å². The van der Waals surface area contributed by atoms with E-state index < -0.39 is 0 Å². The molecule has 16 heavy (non-hydrogen) atoms. The summed E-state index contributed by atoms with van der Waals surface area (Å²) >= 11 is 1.74. The molecule has 0 aromatic carbocycles. The number of hydrogen-bond acceptors (Lipinski definition) is 3. The number of thiazole rings is 1. The first kappa shape index (κ1) is 12.1. The molecule has 2 unspecified atom stereocenters. The number of aromatic nitrogens is 1. The minimum Gasteiger partial charge on any atom is -0.325 e. The van der Waals surface area contributed by atoms with Gasteiger partial charge in [0.1, 0.15) is 0 Å². The van der Waals surface area contributed by atoms with E-state index >= 15 is 0 Å². The number of rotatable bonds is 3. The molecule has 0 aliphatic heterocycles. The fraction of sp³-hybridized carbons (Fsp3) is 0.769. The van der Waals surface area contributed by atoms with E-state index in [0.29, 0.717) is 0 Å². The molecular formula is C13H22N2S. The minimum atomic E-state index is 0.0156. The van der Waals surface area contributed by atoms with Crippen molar-refractivity contribution in [2.45, 2.75) is 57.4 Å². The predicted molar refractivity (Wildman–Crippen MR) is 69.6 cm³/mol. The Morgan fingerprint density at radius 1 is 1.50 bits per heavy atom. The van der Waals surface area contributed by atoms with Crippen LogP contribution in [0.1, 0.15) is 50.5 Å². The fourth-order valence-electron chi connectivity index (χ4n) is 2.73. The van der Waals surface area contributed by atoms with Crippen LogP contribution in [0.4, 0.5) is 0 Å². The third kappa shape index (κ3) is 3.05. The first-order chi connectivity index (χ1) is 7.72. The first-order valence-electron chi connectivity index (χ1n) is 6.39. The van der Waals surface area contributed by atoms with Gasteiger partial charge < -0.3 is 5.73 Å². The van der Waals surface area contributed by atoms with Gasteiger partial charge in [0.05, 0.1) is 5.01 Å². The summed E-state index contributed by atoms with van der Waals surface area (Å²) in [6.45, 7) is 2.30. The molecule has 3 heteroatoms. The van der Waals surface area contributed by atoms with Crippen LogP contribution in [0.3, 0.4) is 0 Å². The van der Waals surface area contributed by atoms with Crippen LogP contribution in [0, 0.1) is 5.92 Å². The second-order valence-corrected chi connectivity index (χ2v) is 6.15. The molecule has 1 aromatic heterocycles. The summed E-state index contributed by atoms with van der Waals surface area (Å²) in [7, 11) is 0. The molecule has 1 fully saturated rings. The molecule has 0 radical (unpaired) electrons. The molecule has 2 N–H and O–H groups in total. The molecule has 2 nitrogen and oxygen atoms in total. The lowest BCUT2D eigenvalue weighted by Gasteiger charge is -2.27. The molecule has 1 aromatic rings. The first-order valence-corrected chi connectivity index (χ1v) is 7.27. The van der Waals surface area contributed by atoms with Crippen molar-refractivity contribution in [1.82, 2.24) is 4.98 Å². The summed E-state index contributed by atoms with van der Waals surface area (Å²) in [6, 6.07) is 0. The van der Waals surface area contributed by atoms with E-state index in [1.54, 1.807) is 11.3 Å². The van der Waals surface area contributed by atoms with Gasteiger partial charge in [-0.05, 0) is 25.2 Å². The van der Waals surface area contributed by atoms with Gasteiger partial charge in [-0.2, -0.15) is 0 Å². The van der Waals surface area contributed by atoms with Crippen molar-refractivity contribution < 1.29 is 0 Å². The van der Waals surface area contributed by atoms with Crippen LogP contribution in [-0.4, -0.2) is 10.5 Å².